The van der Waals surface area contributed by atoms with E-state index >= 15 is 0 Å². The third-order valence-electron chi connectivity index (χ3n) is 2.77. The van der Waals surface area contributed by atoms with E-state index in [-0.39, 0.29) is 0 Å². The molecule has 0 heterocycles. The Labute approximate surface area is 102 Å². The summed E-state index contributed by atoms with van der Waals surface area (Å²) in [5.74, 6) is 2.30. The summed E-state index contributed by atoms with van der Waals surface area (Å²) in [5.41, 5.74) is 4.28. The highest BCUT2D eigenvalue weighted by Gasteiger charge is 2.03. The van der Waals surface area contributed by atoms with Crippen molar-refractivity contribution in [2.24, 2.45) is 0 Å². The van der Waals surface area contributed by atoms with E-state index in [1.165, 1.54) is 5.56 Å². The summed E-state index contributed by atoms with van der Waals surface area (Å²) in [7, 11) is 0. The van der Waals surface area contributed by atoms with E-state index in [2.05, 4.69) is 37.1 Å². The molecule has 0 saturated heterocycles. The minimum atomic E-state index is -0.818. The molecule has 0 spiro atoms. The van der Waals surface area contributed by atoms with E-state index in [4.69, 9.17) is 6.42 Å². The molecule has 0 bridgehead atoms. The van der Waals surface area contributed by atoms with Gasteiger partial charge in [-0.3, -0.25) is 0 Å². The maximum Gasteiger partial charge on any atom is 0.139 e. The van der Waals surface area contributed by atoms with Crippen LogP contribution in [0.25, 0.3) is 11.1 Å². The molecule has 1 atom stereocenters. The second-order valence-electron chi connectivity index (χ2n) is 4.06. The highest BCUT2D eigenvalue weighted by atomic mass is 16.3. The lowest BCUT2D eigenvalue weighted by Crippen LogP contribution is -1.92. The van der Waals surface area contributed by atoms with Crippen LogP contribution in [0.2, 0.25) is 0 Å². The Kier molecular flexibility index (Phi) is 3.27. The molecule has 0 aromatic heterocycles. The second kappa shape index (κ2) is 4.86. The number of aliphatic hydroxyl groups excluding tert-OH is 1. The minimum absolute atomic E-state index is 0.753. The molecule has 1 heteroatoms. The first-order valence-electron chi connectivity index (χ1n) is 5.52. The fraction of sp³-hybridized carbons (Fsp3) is 0.125. The van der Waals surface area contributed by atoms with Crippen LogP contribution in [0.15, 0.2) is 48.5 Å². The van der Waals surface area contributed by atoms with Gasteiger partial charge in [-0.25, -0.2) is 0 Å². The zero-order valence-electron chi connectivity index (χ0n) is 9.72. The average molecular weight is 222 g/mol. The Morgan fingerprint density at radius 1 is 0.941 bits per heavy atom. The second-order valence-corrected chi connectivity index (χ2v) is 4.06. The van der Waals surface area contributed by atoms with Gasteiger partial charge in [-0.2, -0.15) is 0 Å². The van der Waals surface area contributed by atoms with Crippen molar-refractivity contribution in [3.63, 3.8) is 0 Å². The smallest absolute Gasteiger partial charge is 0.139 e. The van der Waals surface area contributed by atoms with E-state index in [0.29, 0.717) is 0 Å². The van der Waals surface area contributed by atoms with Crippen LogP contribution in [0.5, 0.6) is 0 Å². The largest absolute Gasteiger partial charge is 0.376 e. The molecule has 0 aliphatic carbocycles. The van der Waals surface area contributed by atoms with Gasteiger partial charge in [0.05, 0.1) is 0 Å². The van der Waals surface area contributed by atoms with Crippen LogP contribution in [-0.4, -0.2) is 5.11 Å². The van der Waals surface area contributed by atoms with Gasteiger partial charge in [-0.05, 0) is 23.6 Å². The summed E-state index contributed by atoms with van der Waals surface area (Å²) in [6.07, 6.45) is 4.35. The average Bonchev–Trinajstić information content (AvgIpc) is 2.39. The van der Waals surface area contributed by atoms with E-state index in [1.807, 2.05) is 24.3 Å². The molecule has 0 fully saturated rings. The van der Waals surface area contributed by atoms with Gasteiger partial charge in [-0.15, -0.1) is 6.42 Å². The van der Waals surface area contributed by atoms with Crippen molar-refractivity contribution in [3.05, 3.63) is 59.7 Å². The Balaban J connectivity index is 2.30. The summed E-state index contributed by atoms with van der Waals surface area (Å²) in [6.45, 7) is 2.07. The van der Waals surface area contributed by atoms with Gasteiger partial charge in [0.1, 0.15) is 6.10 Å². The van der Waals surface area contributed by atoms with Crippen molar-refractivity contribution in [3.8, 4) is 23.5 Å². The van der Waals surface area contributed by atoms with Crippen molar-refractivity contribution in [1.29, 1.82) is 0 Å². The highest BCUT2D eigenvalue weighted by molar-refractivity contribution is 5.64. The van der Waals surface area contributed by atoms with Gasteiger partial charge < -0.3 is 5.11 Å². The molecule has 0 saturated carbocycles. The fourth-order valence-corrected chi connectivity index (χ4v) is 1.70. The molecule has 1 unspecified atom stereocenters. The van der Waals surface area contributed by atoms with Crippen LogP contribution >= 0.6 is 0 Å². The van der Waals surface area contributed by atoms with Crippen LogP contribution in [0.3, 0.4) is 0 Å². The molecule has 0 aliphatic rings. The van der Waals surface area contributed by atoms with Gasteiger partial charge >= 0.3 is 0 Å². The maximum atomic E-state index is 9.49. The molecular formula is C16H14O. The zero-order chi connectivity index (χ0) is 12.3. The fourth-order valence-electron chi connectivity index (χ4n) is 1.70. The third kappa shape index (κ3) is 2.55. The normalized spacial score (nSPS) is 11.8. The van der Waals surface area contributed by atoms with Crippen molar-refractivity contribution in [2.75, 3.05) is 0 Å². The molecule has 0 amide bonds. The monoisotopic (exact) mass is 222 g/mol. The van der Waals surface area contributed by atoms with Crippen molar-refractivity contribution < 1.29 is 5.11 Å². The first-order chi connectivity index (χ1) is 8.20. The van der Waals surface area contributed by atoms with Crippen molar-refractivity contribution in [1.82, 2.24) is 0 Å². The van der Waals surface area contributed by atoms with Gasteiger partial charge in [0, 0.05) is 0 Å². The first-order valence-corrected chi connectivity index (χ1v) is 5.52. The molecule has 1 N–H and O–H groups in total. The van der Waals surface area contributed by atoms with Crippen LogP contribution in [0.1, 0.15) is 17.2 Å². The number of aliphatic hydroxyl groups is 1. The summed E-state index contributed by atoms with van der Waals surface area (Å²) in [4.78, 5) is 0. The van der Waals surface area contributed by atoms with Crippen molar-refractivity contribution >= 4 is 0 Å². The topological polar surface area (TPSA) is 20.2 Å². The number of benzene rings is 2. The Hall–Kier alpha value is -2.04. The zero-order valence-corrected chi connectivity index (χ0v) is 9.72. The van der Waals surface area contributed by atoms with Gasteiger partial charge in [0.15, 0.2) is 0 Å². The molecule has 0 radical (unpaired) electrons. The molecule has 84 valence electrons. The molecule has 0 aliphatic heterocycles. The number of hydrogen-bond donors (Lipinski definition) is 1. The molecule has 2 rings (SSSR count). The van der Waals surface area contributed by atoms with E-state index < -0.39 is 6.10 Å². The number of rotatable bonds is 2. The summed E-state index contributed by atoms with van der Waals surface area (Å²) in [6, 6.07) is 16.0. The quantitative estimate of drug-likeness (QED) is 0.773. The minimum Gasteiger partial charge on any atom is -0.376 e. The molecule has 2 aromatic carbocycles. The number of hydrogen-bond acceptors (Lipinski definition) is 1. The summed E-state index contributed by atoms with van der Waals surface area (Å²) in [5, 5.41) is 9.49. The van der Waals surface area contributed by atoms with Crippen LogP contribution in [0, 0.1) is 19.3 Å². The third-order valence-corrected chi connectivity index (χ3v) is 2.77. The SMILES string of the molecule is C#CC(O)c1ccc(-c2ccc(C)cc2)cc1. The standard InChI is InChI=1S/C16H14O/c1-3-16(17)15-10-8-14(9-11-15)13-6-4-12(2)5-7-13/h1,4-11,16-17H,2H3. The molecule has 17 heavy (non-hydrogen) atoms. The summed E-state index contributed by atoms with van der Waals surface area (Å²) < 4.78 is 0. The Morgan fingerprint density at radius 2 is 1.41 bits per heavy atom. The Bertz CT molecular complexity index is 529. The molecular weight excluding hydrogens is 208 g/mol. The van der Waals surface area contributed by atoms with Crippen LogP contribution in [0.4, 0.5) is 0 Å². The van der Waals surface area contributed by atoms with E-state index in [0.717, 1.165) is 16.7 Å². The van der Waals surface area contributed by atoms with E-state index in [9.17, 15) is 5.11 Å². The predicted octanol–water partition coefficient (Wildman–Crippen LogP) is 3.33. The Morgan fingerprint density at radius 3 is 1.88 bits per heavy atom. The maximum absolute atomic E-state index is 9.49. The predicted molar refractivity (Wildman–Crippen MR) is 70.4 cm³/mol. The van der Waals surface area contributed by atoms with Crippen LogP contribution in [-0.2, 0) is 0 Å². The van der Waals surface area contributed by atoms with Crippen LogP contribution < -0.4 is 0 Å². The number of terminal acetylenes is 1. The lowest BCUT2D eigenvalue weighted by molar-refractivity contribution is 0.238. The lowest BCUT2D eigenvalue weighted by atomic mass is 10.0. The van der Waals surface area contributed by atoms with Gasteiger partial charge in [0.2, 0.25) is 0 Å². The van der Waals surface area contributed by atoms with E-state index in [1.54, 1.807) is 0 Å². The highest BCUT2D eigenvalue weighted by Crippen LogP contribution is 2.22. The molecule has 1 nitrogen and oxygen atoms in total. The summed E-state index contributed by atoms with van der Waals surface area (Å²) >= 11 is 0. The first kappa shape index (κ1) is 11.4. The van der Waals surface area contributed by atoms with Crippen molar-refractivity contribution in [2.45, 2.75) is 13.0 Å². The molecule has 2 aromatic rings. The van der Waals surface area contributed by atoms with Gasteiger partial charge in [-0.1, -0.05) is 60.0 Å². The van der Waals surface area contributed by atoms with Gasteiger partial charge in [0.25, 0.3) is 0 Å². The number of aryl methyl sites for hydroxylation is 1. The lowest BCUT2D eigenvalue weighted by Gasteiger charge is -2.06.